The summed E-state index contributed by atoms with van der Waals surface area (Å²) in [6.07, 6.45) is 0.548. The first-order valence-electron chi connectivity index (χ1n) is 6.70. The molecule has 2 N–H and O–H groups in total. The number of carbonyl (C=O) groups is 1. The molecule has 1 atom stereocenters. The van der Waals surface area contributed by atoms with Crippen LogP contribution >= 0.6 is 11.3 Å². The predicted octanol–water partition coefficient (Wildman–Crippen LogP) is 2.30. The summed E-state index contributed by atoms with van der Waals surface area (Å²) in [5.41, 5.74) is 0.609. The Morgan fingerprint density at radius 3 is 2.75 bits per heavy atom. The highest BCUT2D eigenvalue weighted by Gasteiger charge is 2.22. The molecular weight excluding hydrogens is 276 g/mol. The average molecular weight is 300 g/mol. The van der Waals surface area contributed by atoms with E-state index in [9.17, 15) is 4.79 Å². The van der Waals surface area contributed by atoms with Gasteiger partial charge in [0.15, 0.2) is 0 Å². The van der Waals surface area contributed by atoms with Crippen molar-refractivity contribution in [2.45, 2.75) is 40.2 Å². The van der Waals surface area contributed by atoms with Gasteiger partial charge in [0.25, 0.3) is 5.91 Å². The van der Waals surface area contributed by atoms with Gasteiger partial charge in [-0.05, 0) is 25.7 Å². The molecule has 1 heterocycles. The number of methoxy groups -OCH3 is 1. The lowest BCUT2D eigenvalue weighted by Crippen LogP contribution is -2.34. The summed E-state index contributed by atoms with van der Waals surface area (Å²) in [7, 11) is 1.62. The number of nitrogens with one attached hydrogen (secondary N) is 1. The Balaban J connectivity index is 2.71. The van der Waals surface area contributed by atoms with Crippen LogP contribution in [0.2, 0.25) is 0 Å². The molecule has 1 amide bonds. The Morgan fingerprint density at radius 2 is 2.20 bits per heavy atom. The standard InChI is InChI=1S/C14H24N2O3S/c1-9-11(20-13(16-9)10(2)19-5)12(18)15-8-14(3,4)6-7-17/h10,17H,6-8H2,1-5H3,(H,15,18). The fraction of sp³-hybridized carbons (Fsp3) is 0.714. The van der Waals surface area contributed by atoms with E-state index in [-0.39, 0.29) is 24.0 Å². The minimum atomic E-state index is -0.119. The Morgan fingerprint density at radius 1 is 1.55 bits per heavy atom. The Bertz CT molecular complexity index is 457. The summed E-state index contributed by atoms with van der Waals surface area (Å²) in [6.45, 7) is 8.42. The van der Waals surface area contributed by atoms with Crippen molar-refractivity contribution in [3.05, 3.63) is 15.6 Å². The van der Waals surface area contributed by atoms with Gasteiger partial charge in [-0.3, -0.25) is 4.79 Å². The van der Waals surface area contributed by atoms with Crippen molar-refractivity contribution >= 4 is 17.2 Å². The van der Waals surface area contributed by atoms with Crippen LogP contribution in [-0.2, 0) is 4.74 Å². The van der Waals surface area contributed by atoms with Gasteiger partial charge in [0, 0.05) is 20.3 Å². The van der Waals surface area contributed by atoms with Crippen molar-refractivity contribution in [2.75, 3.05) is 20.3 Å². The number of thiazole rings is 1. The van der Waals surface area contributed by atoms with E-state index >= 15 is 0 Å². The quantitative estimate of drug-likeness (QED) is 0.810. The second-order valence-corrected chi connectivity index (χ2v) is 6.70. The molecule has 1 unspecified atom stereocenters. The molecule has 0 radical (unpaired) electrons. The Labute approximate surface area is 124 Å². The molecule has 0 spiro atoms. The minimum absolute atomic E-state index is 0.105. The molecule has 20 heavy (non-hydrogen) atoms. The summed E-state index contributed by atoms with van der Waals surface area (Å²) >= 11 is 1.37. The van der Waals surface area contributed by atoms with Crippen molar-refractivity contribution in [3.63, 3.8) is 0 Å². The van der Waals surface area contributed by atoms with Crippen molar-refractivity contribution in [1.29, 1.82) is 0 Å². The van der Waals surface area contributed by atoms with E-state index in [0.717, 1.165) is 10.7 Å². The molecule has 0 saturated carbocycles. The van der Waals surface area contributed by atoms with E-state index in [1.165, 1.54) is 11.3 Å². The molecule has 0 aliphatic carbocycles. The number of hydrogen-bond acceptors (Lipinski definition) is 5. The van der Waals surface area contributed by atoms with Crippen LogP contribution in [0.15, 0.2) is 0 Å². The topological polar surface area (TPSA) is 71.5 Å². The van der Waals surface area contributed by atoms with Gasteiger partial charge in [0.1, 0.15) is 16.0 Å². The lowest BCUT2D eigenvalue weighted by atomic mass is 9.90. The maximum absolute atomic E-state index is 12.2. The Hall–Kier alpha value is -0.980. The molecule has 0 aliphatic rings. The van der Waals surface area contributed by atoms with Crippen LogP contribution in [0.1, 0.15) is 53.7 Å². The fourth-order valence-electron chi connectivity index (χ4n) is 1.69. The van der Waals surface area contributed by atoms with E-state index in [1.54, 1.807) is 7.11 Å². The average Bonchev–Trinajstić information content (AvgIpc) is 2.77. The highest BCUT2D eigenvalue weighted by atomic mass is 32.1. The zero-order valence-corrected chi connectivity index (χ0v) is 13.6. The smallest absolute Gasteiger partial charge is 0.263 e. The summed E-state index contributed by atoms with van der Waals surface area (Å²) in [6, 6.07) is 0. The molecule has 5 nitrogen and oxygen atoms in total. The maximum atomic E-state index is 12.2. The van der Waals surface area contributed by atoms with Crippen molar-refractivity contribution in [2.24, 2.45) is 5.41 Å². The summed E-state index contributed by atoms with van der Waals surface area (Å²) < 4.78 is 5.22. The monoisotopic (exact) mass is 300 g/mol. The molecule has 1 aromatic heterocycles. The van der Waals surface area contributed by atoms with E-state index < -0.39 is 0 Å². The van der Waals surface area contributed by atoms with E-state index in [4.69, 9.17) is 9.84 Å². The number of aliphatic hydroxyl groups is 1. The summed E-state index contributed by atoms with van der Waals surface area (Å²) in [5.74, 6) is -0.111. The molecule has 0 saturated heterocycles. The highest BCUT2D eigenvalue weighted by molar-refractivity contribution is 7.13. The van der Waals surface area contributed by atoms with Gasteiger partial charge >= 0.3 is 0 Å². The van der Waals surface area contributed by atoms with Gasteiger partial charge in [0.2, 0.25) is 0 Å². The van der Waals surface area contributed by atoms with Crippen molar-refractivity contribution in [3.8, 4) is 0 Å². The molecule has 0 bridgehead atoms. The van der Waals surface area contributed by atoms with Crippen LogP contribution in [0.25, 0.3) is 0 Å². The van der Waals surface area contributed by atoms with E-state index in [0.29, 0.717) is 17.8 Å². The van der Waals surface area contributed by atoms with Gasteiger partial charge in [0.05, 0.1) is 5.69 Å². The number of rotatable bonds is 7. The maximum Gasteiger partial charge on any atom is 0.263 e. The van der Waals surface area contributed by atoms with E-state index in [1.807, 2.05) is 27.7 Å². The molecule has 0 fully saturated rings. The zero-order chi connectivity index (χ0) is 15.3. The number of aryl methyl sites for hydroxylation is 1. The SMILES string of the molecule is COC(C)c1nc(C)c(C(=O)NCC(C)(C)CCO)s1. The number of hydrogen-bond donors (Lipinski definition) is 2. The number of aromatic nitrogens is 1. The normalized spacial score (nSPS) is 13.3. The fourth-order valence-corrected chi connectivity index (χ4v) is 2.71. The number of aliphatic hydroxyl groups excluding tert-OH is 1. The van der Waals surface area contributed by atoms with Crippen LogP contribution in [0, 0.1) is 12.3 Å². The van der Waals surface area contributed by atoms with Crippen molar-refractivity contribution < 1.29 is 14.6 Å². The molecule has 1 rings (SSSR count). The van der Waals surface area contributed by atoms with E-state index in [2.05, 4.69) is 10.3 Å². The highest BCUT2D eigenvalue weighted by Crippen LogP contribution is 2.25. The zero-order valence-electron chi connectivity index (χ0n) is 12.8. The lowest BCUT2D eigenvalue weighted by molar-refractivity contribution is 0.0931. The Kier molecular flexibility index (Phi) is 6.10. The first-order valence-corrected chi connectivity index (χ1v) is 7.51. The summed E-state index contributed by atoms with van der Waals surface area (Å²) in [4.78, 5) is 17.2. The number of carbonyl (C=O) groups excluding carboxylic acids is 1. The molecule has 114 valence electrons. The van der Waals surface area contributed by atoms with Crippen LogP contribution in [0.4, 0.5) is 0 Å². The third-order valence-electron chi connectivity index (χ3n) is 3.24. The first kappa shape index (κ1) is 17.1. The third-order valence-corrected chi connectivity index (χ3v) is 4.55. The summed E-state index contributed by atoms with van der Waals surface area (Å²) in [5, 5.41) is 12.7. The third kappa shape index (κ3) is 4.54. The predicted molar refractivity (Wildman–Crippen MR) is 80.1 cm³/mol. The van der Waals surface area contributed by atoms with Gasteiger partial charge in [-0.2, -0.15) is 0 Å². The second-order valence-electron chi connectivity index (χ2n) is 5.67. The number of nitrogens with zero attached hydrogens (tertiary/aromatic N) is 1. The van der Waals surface area contributed by atoms with Crippen LogP contribution in [0.3, 0.4) is 0 Å². The van der Waals surface area contributed by atoms with Crippen LogP contribution in [-0.4, -0.2) is 36.3 Å². The lowest BCUT2D eigenvalue weighted by Gasteiger charge is -2.23. The molecule has 1 aromatic rings. The van der Waals surface area contributed by atoms with Crippen LogP contribution in [0.5, 0.6) is 0 Å². The van der Waals surface area contributed by atoms with Gasteiger partial charge in [-0.15, -0.1) is 11.3 Å². The van der Waals surface area contributed by atoms with Crippen molar-refractivity contribution in [1.82, 2.24) is 10.3 Å². The molecular formula is C14H24N2O3S. The van der Waals surface area contributed by atoms with Gasteiger partial charge < -0.3 is 15.2 Å². The molecule has 6 heteroatoms. The molecule has 0 aromatic carbocycles. The van der Waals surface area contributed by atoms with Gasteiger partial charge in [-0.1, -0.05) is 13.8 Å². The number of amides is 1. The molecule has 0 aliphatic heterocycles. The second kappa shape index (κ2) is 7.15. The minimum Gasteiger partial charge on any atom is -0.396 e. The largest absolute Gasteiger partial charge is 0.396 e. The van der Waals surface area contributed by atoms with Crippen LogP contribution < -0.4 is 5.32 Å². The van der Waals surface area contributed by atoms with Gasteiger partial charge in [-0.25, -0.2) is 4.98 Å². The first-order chi connectivity index (χ1) is 9.30. The number of ether oxygens (including phenoxy) is 1.